The number of thioether (sulfide) groups is 1. The molecule has 4 heteroatoms. The molecule has 0 spiro atoms. The number of fused-ring (bicyclic) bond motifs is 1. The highest BCUT2D eigenvalue weighted by molar-refractivity contribution is 7.98. The molecule has 0 amide bonds. The van der Waals surface area contributed by atoms with Gasteiger partial charge in [-0.05, 0) is 54.3 Å². The van der Waals surface area contributed by atoms with Crippen LogP contribution in [0.25, 0.3) is 0 Å². The molecule has 1 aliphatic heterocycles. The first-order valence-electron chi connectivity index (χ1n) is 8.40. The van der Waals surface area contributed by atoms with E-state index in [2.05, 4.69) is 60.7 Å². The van der Waals surface area contributed by atoms with Crippen molar-refractivity contribution in [3.05, 3.63) is 59.2 Å². The Bertz CT molecular complexity index is 672. The summed E-state index contributed by atoms with van der Waals surface area (Å²) in [7, 11) is 2.17. The maximum Gasteiger partial charge on any atom is 0.119 e. The minimum absolute atomic E-state index is 0.168. The Labute approximate surface area is 148 Å². The van der Waals surface area contributed by atoms with Gasteiger partial charge in [-0.25, -0.2) is 0 Å². The molecule has 1 heterocycles. The summed E-state index contributed by atoms with van der Waals surface area (Å²) in [5, 5.41) is 8.88. The van der Waals surface area contributed by atoms with E-state index in [1.165, 1.54) is 21.6 Å². The zero-order valence-corrected chi connectivity index (χ0v) is 15.2. The van der Waals surface area contributed by atoms with E-state index in [-0.39, 0.29) is 6.61 Å². The summed E-state index contributed by atoms with van der Waals surface area (Å²) in [6.07, 6.45) is 2.78. The van der Waals surface area contributed by atoms with Gasteiger partial charge in [-0.3, -0.25) is 0 Å². The average Bonchev–Trinajstić information content (AvgIpc) is 2.61. The molecular formula is C20H25NO2S. The second-order valence-corrected chi connectivity index (χ2v) is 7.19. The first-order valence-corrected chi connectivity index (χ1v) is 9.62. The largest absolute Gasteiger partial charge is 0.493 e. The highest BCUT2D eigenvalue weighted by atomic mass is 32.2. The van der Waals surface area contributed by atoms with Crippen LogP contribution in [-0.2, 0) is 6.54 Å². The Morgan fingerprint density at radius 1 is 1.21 bits per heavy atom. The Kier molecular flexibility index (Phi) is 5.82. The minimum Gasteiger partial charge on any atom is -0.493 e. The third-order valence-electron chi connectivity index (χ3n) is 4.51. The van der Waals surface area contributed by atoms with Crippen LogP contribution < -0.4 is 4.74 Å². The lowest BCUT2D eigenvalue weighted by Crippen LogP contribution is -2.31. The van der Waals surface area contributed by atoms with Crippen molar-refractivity contribution >= 4 is 11.8 Å². The summed E-state index contributed by atoms with van der Waals surface area (Å²) in [6, 6.07) is 15.4. The van der Waals surface area contributed by atoms with Crippen molar-refractivity contribution < 1.29 is 9.84 Å². The standard InChI is InChI=1S/C20H25NO2S/c1-21-13-16-12-17(23-11-3-10-22)6-9-19(16)20(14-21)15-4-7-18(24-2)8-5-15/h4-9,12,20,22H,3,10-11,13-14H2,1-2H3. The molecule has 0 fully saturated rings. The zero-order valence-electron chi connectivity index (χ0n) is 14.4. The quantitative estimate of drug-likeness (QED) is 0.640. The maximum atomic E-state index is 8.88. The molecule has 2 aromatic rings. The molecule has 3 nitrogen and oxygen atoms in total. The van der Waals surface area contributed by atoms with Crippen LogP contribution in [0.15, 0.2) is 47.4 Å². The summed E-state index contributed by atoms with van der Waals surface area (Å²) >= 11 is 1.78. The maximum absolute atomic E-state index is 8.88. The molecule has 1 N–H and O–H groups in total. The lowest BCUT2D eigenvalue weighted by molar-refractivity contribution is 0.233. The van der Waals surface area contributed by atoms with Crippen LogP contribution in [0.5, 0.6) is 5.75 Å². The van der Waals surface area contributed by atoms with Crippen molar-refractivity contribution in [1.29, 1.82) is 0 Å². The van der Waals surface area contributed by atoms with Crippen molar-refractivity contribution in [2.45, 2.75) is 23.8 Å². The van der Waals surface area contributed by atoms with E-state index < -0.39 is 0 Å². The van der Waals surface area contributed by atoms with Crippen molar-refractivity contribution in [2.24, 2.45) is 0 Å². The van der Waals surface area contributed by atoms with Gasteiger partial charge in [0.15, 0.2) is 0 Å². The van der Waals surface area contributed by atoms with Crippen molar-refractivity contribution in [2.75, 3.05) is 33.1 Å². The number of hydrogen-bond acceptors (Lipinski definition) is 4. The monoisotopic (exact) mass is 343 g/mol. The van der Waals surface area contributed by atoms with Crippen LogP contribution in [0.4, 0.5) is 0 Å². The normalized spacial score (nSPS) is 17.5. The van der Waals surface area contributed by atoms with E-state index in [4.69, 9.17) is 9.84 Å². The summed E-state index contributed by atoms with van der Waals surface area (Å²) in [5.74, 6) is 1.30. The molecule has 1 atom stereocenters. The first-order chi connectivity index (χ1) is 11.7. The van der Waals surface area contributed by atoms with Crippen LogP contribution in [0.2, 0.25) is 0 Å². The van der Waals surface area contributed by atoms with Gasteiger partial charge in [0.2, 0.25) is 0 Å². The van der Waals surface area contributed by atoms with Crippen LogP contribution in [0.1, 0.15) is 29.0 Å². The van der Waals surface area contributed by atoms with Crippen LogP contribution in [0, 0.1) is 0 Å². The molecule has 0 radical (unpaired) electrons. The summed E-state index contributed by atoms with van der Waals surface area (Å²) in [5.41, 5.74) is 4.11. The highest BCUT2D eigenvalue weighted by Gasteiger charge is 2.25. The lowest BCUT2D eigenvalue weighted by Gasteiger charge is -2.33. The van der Waals surface area contributed by atoms with Gasteiger partial charge in [0.25, 0.3) is 0 Å². The average molecular weight is 343 g/mol. The van der Waals surface area contributed by atoms with Gasteiger partial charge < -0.3 is 14.7 Å². The van der Waals surface area contributed by atoms with Crippen LogP contribution >= 0.6 is 11.8 Å². The SMILES string of the molecule is CSc1ccc(C2CN(C)Cc3cc(OCCCO)ccc32)cc1. The van der Waals surface area contributed by atoms with E-state index in [0.717, 1.165) is 18.8 Å². The molecule has 1 aliphatic rings. The van der Waals surface area contributed by atoms with E-state index in [9.17, 15) is 0 Å². The van der Waals surface area contributed by atoms with Gasteiger partial charge in [0.05, 0.1) is 6.61 Å². The number of aliphatic hydroxyl groups is 1. The molecule has 0 bridgehead atoms. The first kappa shape index (κ1) is 17.3. The molecule has 0 saturated carbocycles. The third-order valence-corrected chi connectivity index (χ3v) is 5.26. The summed E-state index contributed by atoms with van der Waals surface area (Å²) in [4.78, 5) is 3.67. The predicted molar refractivity (Wildman–Crippen MR) is 100 cm³/mol. The number of rotatable bonds is 6. The minimum atomic E-state index is 0.168. The van der Waals surface area contributed by atoms with Crippen molar-refractivity contribution in [1.82, 2.24) is 4.90 Å². The molecule has 0 aromatic heterocycles. The van der Waals surface area contributed by atoms with Crippen molar-refractivity contribution in [3.63, 3.8) is 0 Å². The fourth-order valence-corrected chi connectivity index (χ4v) is 3.70. The van der Waals surface area contributed by atoms with Crippen LogP contribution in [-0.4, -0.2) is 43.1 Å². The van der Waals surface area contributed by atoms with Gasteiger partial charge in [0, 0.05) is 36.9 Å². The molecule has 2 aromatic carbocycles. The Morgan fingerprint density at radius 3 is 2.71 bits per heavy atom. The Hall–Kier alpha value is -1.49. The molecule has 0 aliphatic carbocycles. The van der Waals surface area contributed by atoms with E-state index in [1.54, 1.807) is 11.8 Å². The number of likely N-dealkylation sites (N-methyl/N-ethyl adjacent to an activating group) is 1. The van der Waals surface area contributed by atoms with Gasteiger partial charge in [-0.1, -0.05) is 18.2 Å². The number of benzene rings is 2. The smallest absolute Gasteiger partial charge is 0.119 e. The summed E-state index contributed by atoms with van der Waals surface area (Å²) in [6.45, 7) is 2.72. The summed E-state index contributed by atoms with van der Waals surface area (Å²) < 4.78 is 5.74. The van der Waals surface area contributed by atoms with E-state index in [1.807, 2.05) is 0 Å². The number of nitrogens with zero attached hydrogens (tertiary/aromatic N) is 1. The van der Waals surface area contributed by atoms with E-state index >= 15 is 0 Å². The fourth-order valence-electron chi connectivity index (χ4n) is 3.29. The van der Waals surface area contributed by atoms with Gasteiger partial charge in [0.1, 0.15) is 5.75 Å². The zero-order chi connectivity index (χ0) is 16.9. The van der Waals surface area contributed by atoms with E-state index in [0.29, 0.717) is 18.9 Å². The molecule has 128 valence electrons. The molecule has 3 rings (SSSR count). The number of ether oxygens (including phenoxy) is 1. The Balaban J connectivity index is 1.85. The topological polar surface area (TPSA) is 32.7 Å². The van der Waals surface area contributed by atoms with Gasteiger partial charge >= 0.3 is 0 Å². The molecule has 24 heavy (non-hydrogen) atoms. The predicted octanol–water partition coefficient (Wildman–Crippen LogP) is 3.75. The Morgan fingerprint density at radius 2 is 2.00 bits per heavy atom. The highest BCUT2D eigenvalue weighted by Crippen LogP contribution is 2.35. The van der Waals surface area contributed by atoms with Gasteiger partial charge in [-0.15, -0.1) is 11.8 Å². The van der Waals surface area contributed by atoms with Gasteiger partial charge in [-0.2, -0.15) is 0 Å². The number of hydrogen-bond donors (Lipinski definition) is 1. The number of aliphatic hydroxyl groups excluding tert-OH is 1. The van der Waals surface area contributed by atoms with Crippen molar-refractivity contribution in [3.8, 4) is 5.75 Å². The van der Waals surface area contributed by atoms with Crippen LogP contribution in [0.3, 0.4) is 0 Å². The second-order valence-electron chi connectivity index (χ2n) is 6.31. The third kappa shape index (κ3) is 3.94. The molecule has 0 saturated heterocycles. The fraction of sp³-hybridized carbons (Fsp3) is 0.400. The lowest BCUT2D eigenvalue weighted by atomic mass is 9.85. The second kappa shape index (κ2) is 8.06. The molecule has 1 unspecified atom stereocenters. The molecular weight excluding hydrogens is 318 g/mol.